The Hall–Kier alpha value is -8.80. The van der Waals surface area contributed by atoms with Gasteiger partial charge in [-0.25, -0.2) is 30.1 Å². The predicted octanol–water partition coefficient (Wildman–Crippen LogP) is 7.48. The lowest BCUT2D eigenvalue weighted by Gasteiger charge is -2.25. The number of carbonyl (C=O) groups excluding carboxylic acids is 16. The standard InChI is InChI=1S/C11H21NO4.C10H19NO4.C10H21NO3.C9H19NO3.2C8H15NO3.2C7H13NO3.C7H15NO2.C6H13NO2/c1-5-11(2,3)16-9(14)6-8(7-13)10(15)12-4;1-4-7(2)15-9(13)5-8(6-12)10(14)11-3;1-5-10(2,3)14-7-8(6-12)9(13)11-4;1-4-7(2)13-6-8(5-11)9(12)10-3;1-5-8(3,4)12-7(11)9-6(2)10;1-5-8(3,4)7(11)12-9-6(2)10;1-4-5(2)11-7(10)8-6(3)9;1-4-5(2)7(10)11-8-6(3)9;1-5-7(3,4)10-8-6(2)9;1-4-5(2)9-7-6(3)8/h8,13H,5-7H2,1-4H3,(H,12,15);7-8,12H,4-6H2,1-3H3,(H,11,14);8,12H,5-7H2,1-4H3,(H,11,13);7-8,11H,4-6H2,1-3H3,(H,10,12);5H2,1-4H3,(H,9,10,11);5H2,1-4H3,(H,9,10);5H,4H2,1-3H3,(H,8,9,10);5H,4H2,1-3H3,(H,8,9);5H2,1-4H3,(H,8,9);5H,4H2,1-3H3,(H,7,8). The zero-order chi connectivity index (χ0) is 98.8. The third-order valence-corrected chi connectivity index (χ3v) is 17.0. The monoisotopic (exact) mass is 1780 g/mol. The largest absolute Gasteiger partial charge is 0.463 e. The van der Waals surface area contributed by atoms with Crippen molar-refractivity contribution >= 4 is 95.1 Å². The number of alkyl carbamates (subject to hydrolysis) is 2. The van der Waals surface area contributed by atoms with Crippen LogP contribution in [0.2, 0.25) is 0 Å². The summed E-state index contributed by atoms with van der Waals surface area (Å²) in [6.07, 6.45) is 6.22. The molecule has 0 saturated heterocycles. The van der Waals surface area contributed by atoms with Crippen LogP contribution in [0.15, 0.2) is 0 Å². The first-order chi connectivity index (χ1) is 56.6. The third kappa shape index (κ3) is 90.7. The lowest BCUT2D eigenvalue weighted by molar-refractivity contribution is -0.166. The van der Waals surface area contributed by atoms with E-state index < -0.39 is 88.2 Å². The average molecular weight is 1780 g/mol. The van der Waals surface area contributed by atoms with Crippen LogP contribution in [0.5, 0.6) is 0 Å². The minimum absolute atomic E-state index is 0.0828. The summed E-state index contributed by atoms with van der Waals surface area (Å²) in [4.78, 5) is 192. The van der Waals surface area contributed by atoms with Gasteiger partial charge in [0, 0.05) is 69.7 Å². The number of esters is 2. The molecule has 0 spiro atoms. The van der Waals surface area contributed by atoms with Crippen LogP contribution in [0.25, 0.3) is 0 Å². The molecule has 0 aromatic rings. The molecule has 0 aromatic carbocycles. The number of hydrogen-bond acceptors (Lipinski definition) is 30. The van der Waals surface area contributed by atoms with Gasteiger partial charge in [0.05, 0.1) is 117 Å². The molecule has 0 radical (unpaired) electrons. The summed E-state index contributed by atoms with van der Waals surface area (Å²) >= 11 is 0. The smallest absolute Gasteiger partial charge is 0.414 e. The average Bonchev–Trinajstić information content (AvgIpc) is 0.925. The number of nitrogens with one attached hydrogen (secondary N) is 10. The second kappa shape index (κ2) is 79.1. The number of rotatable bonds is 38. The fourth-order valence-electron chi connectivity index (χ4n) is 6.00. The highest BCUT2D eigenvalue weighted by molar-refractivity contribution is 5.91. The van der Waals surface area contributed by atoms with E-state index in [2.05, 4.69) is 41.9 Å². The van der Waals surface area contributed by atoms with Gasteiger partial charge in [0.2, 0.25) is 59.1 Å². The van der Waals surface area contributed by atoms with Gasteiger partial charge < -0.3 is 79.8 Å². The molecule has 0 rings (SSSR count). The molecule has 0 saturated carbocycles. The molecule has 0 bridgehead atoms. The molecule has 40 nitrogen and oxygen atoms in total. The molecule has 40 heteroatoms. The highest BCUT2D eigenvalue weighted by Gasteiger charge is 2.30. The molecule has 14 N–H and O–H groups in total. The normalized spacial score (nSPS) is 12.6. The first-order valence-electron chi connectivity index (χ1n) is 41.3. The van der Waals surface area contributed by atoms with Crippen LogP contribution >= 0.6 is 0 Å². The summed E-state index contributed by atoms with van der Waals surface area (Å²) in [6.45, 7) is 54.4. The highest BCUT2D eigenvalue weighted by atomic mass is 16.7. The van der Waals surface area contributed by atoms with Gasteiger partial charge in [-0.3, -0.25) is 77.8 Å². The topological polar surface area (TPSA) is 567 Å². The number of aliphatic hydroxyl groups is 4. The van der Waals surface area contributed by atoms with E-state index in [0.717, 1.165) is 38.5 Å². The van der Waals surface area contributed by atoms with Gasteiger partial charge in [-0.1, -0.05) is 76.2 Å². The van der Waals surface area contributed by atoms with Crippen molar-refractivity contribution < 1.29 is 145 Å². The SMILES string of the molecule is CCC(C)(C)C(=O)ONC(C)=O.CCC(C)(C)OC(=O)CC(CO)C(=O)NC.CCC(C)(C)OC(=O)NC(C)=O.CCC(C)(C)OCC(CO)C(=O)NC.CCC(C)(C)ONC(C)=O.CCC(C)C(=O)ONC(C)=O.CCC(C)OC(=O)CC(CO)C(=O)NC.CCC(C)OC(=O)NC(C)=O.CCC(C)OCC(CO)C(=O)NC.CCC(C)ONC(C)=O. The third-order valence-electron chi connectivity index (χ3n) is 17.0. The van der Waals surface area contributed by atoms with E-state index in [0.29, 0.717) is 25.7 Å². The van der Waals surface area contributed by atoms with Gasteiger partial charge in [0.25, 0.3) is 0 Å². The molecule has 9 unspecified atom stereocenters. The van der Waals surface area contributed by atoms with Crippen LogP contribution in [0.3, 0.4) is 0 Å². The molecular formula is C83H164N10O30. The number of hydroxylamine groups is 4. The molecule has 0 fully saturated rings. The Morgan fingerprint density at radius 3 is 1.02 bits per heavy atom. The first kappa shape index (κ1) is 135. The number of aliphatic hydroxyl groups excluding tert-OH is 4. The van der Waals surface area contributed by atoms with E-state index in [1.165, 1.54) is 55.6 Å². The minimum Gasteiger partial charge on any atom is -0.463 e. The lowest BCUT2D eigenvalue weighted by Crippen LogP contribution is -2.36. The minimum atomic E-state index is -0.731. The second-order valence-corrected chi connectivity index (χ2v) is 30.7. The van der Waals surface area contributed by atoms with E-state index in [4.69, 9.17) is 58.5 Å². The predicted molar refractivity (Wildman–Crippen MR) is 462 cm³/mol. The van der Waals surface area contributed by atoms with E-state index >= 15 is 0 Å². The molecule has 0 heterocycles. The second-order valence-electron chi connectivity index (χ2n) is 30.7. The Balaban J connectivity index is -0.000000145. The maximum atomic E-state index is 11.5. The van der Waals surface area contributed by atoms with Crippen LogP contribution in [0.4, 0.5) is 9.59 Å². The summed E-state index contributed by atoms with van der Waals surface area (Å²) in [6, 6.07) is 0. The van der Waals surface area contributed by atoms with Crippen molar-refractivity contribution in [2.24, 2.45) is 35.0 Å². The summed E-state index contributed by atoms with van der Waals surface area (Å²) in [7, 11) is 6.03. The maximum absolute atomic E-state index is 11.5. The van der Waals surface area contributed by atoms with Crippen LogP contribution < -0.4 is 53.8 Å². The Morgan fingerprint density at radius 1 is 0.341 bits per heavy atom. The van der Waals surface area contributed by atoms with Crippen molar-refractivity contribution in [2.45, 2.75) is 339 Å². The summed E-state index contributed by atoms with van der Waals surface area (Å²) in [5.74, 6) is -7.20. The van der Waals surface area contributed by atoms with Gasteiger partial charge in [-0.15, -0.1) is 0 Å². The lowest BCUT2D eigenvalue weighted by atomic mass is 9.91. The van der Waals surface area contributed by atoms with Gasteiger partial charge in [-0.2, -0.15) is 11.0 Å². The van der Waals surface area contributed by atoms with Gasteiger partial charge in [-0.05, 0) is 161 Å². The van der Waals surface area contributed by atoms with E-state index in [-0.39, 0.29) is 141 Å². The number of imide groups is 2. The fourth-order valence-corrected chi connectivity index (χ4v) is 6.00. The maximum Gasteiger partial charge on any atom is 0.414 e. The number of amides is 12. The van der Waals surface area contributed by atoms with E-state index in [9.17, 15) is 76.7 Å². The Morgan fingerprint density at radius 2 is 0.683 bits per heavy atom. The molecule has 0 aliphatic carbocycles. The van der Waals surface area contributed by atoms with Crippen molar-refractivity contribution in [1.82, 2.24) is 53.8 Å². The zero-order valence-corrected chi connectivity index (χ0v) is 80.8. The molecular weight excluding hydrogens is 1620 g/mol. The first-order valence-corrected chi connectivity index (χ1v) is 41.3. The van der Waals surface area contributed by atoms with Crippen LogP contribution in [0.1, 0.15) is 292 Å². The van der Waals surface area contributed by atoms with Gasteiger partial charge in [0.1, 0.15) is 17.3 Å². The molecule has 9 atom stereocenters. The van der Waals surface area contributed by atoms with Crippen LogP contribution in [0, 0.1) is 35.0 Å². The van der Waals surface area contributed by atoms with Gasteiger partial charge in [0.15, 0.2) is 0 Å². The van der Waals surface area contributed by atoms with Crippen molar-refractivity contribution in [1.29, 1.82) is 0 Å². The van der Waals surface area contributed by atoms with Crippen LogP contribution in [-0.2, 0) is 115 Å². The van der Waals surface area contributed by atoms with Crippen molar-refractivity contribution in [3.05, 3.63) is 0 Å². The number of carbonyl (C=O) groups is 16. The van der Waals surface area contributed by atoms with E-state index in [1.807, 2.05) is 132 Å². The van der Waals surface area contributed by atoms with Gasteiger partial charge >= 0.3 is 36.1 Å². The Kier molecular flexibility index (Phi) is 86.7. The fraction of sp³-hybridized carbons (Fsp3) is 0.807. The molecule has 0 aromatic heterocycles. The number of hydrogen-bond donors (Lipinski definition) is 14. The molecule has 123 heavy (non-hydrogen) atoms. The molecule has 12 amide bonds. The molecule has 726 valence electrons. The molecule has 0 aliphatic heterocycles. The van der Waals surface area contributed by atoms with Crippen molar-refractivity contribution in [2.75, 3.05) is 67.8 Å². The van der Waals surface area contributed by atoms with Crippen molar-refractivity contribution in [3.8, 4) is 0 Å². The summed E-state index contributed by atoms with van der Waals surface area (Å²) in [5, 5.41) is 49.5. The Labute approximate surface area is 732 Å². The van der Waals surface area contributed by atoms with Crippen LogP contribution in [-0.4, -0.2) is 230 Å². The quantitative estimate of drug-likeness (QED) is 0.0162. The summed E-state index contributed by atoms with van der Waals surface area (Å²) in [5.41, 5.74) is 6.45. The number of ether oxygens (including phenoxy) is 6. The summed E-state index contributed by atoms with van der Waals surface area (Å²) < 4.78 is 30.7. The van der Waals surface area contributed by atoms with Crippen molar-refractivity contribution in [3.63, 3.8) is 0 Å². The van der Waals surface area contributed by atoms with E-state index in [1.54, 1.807) is 76.4 Å². The zero-order valence-electron chi connectivity index (χ0n) is 80.8. The Bertz CT molecular complexity index is 2950. The molecule has 0 aliphatic rings. The highest BCUT2D eigenvalue weighted by Crippen LogP contribution is 2.21.